The van der Waals surface area contributed by atoms with E-state index in [0.29, 0.717) is 18.1 Å². The molecule has 0 aliphatic carbocycles. The van der Waals surface area contributed by atoms with Crippen molar-refractivity contribution in [2.75, 3.05) is 11.1 Å². The van der Waals surface area contributed by atoms with E-state index in [9.17, 15) is 4.79 Å². The van der Waals surface area contributed by atoms with Gasteiger partial charge >= 0.3 is 5.97 Å². The van der Waals surface area contributed by atoms with E-state index < -0.39 is 5.97 Å². The molecule has 0 spiro atoms. The number of nitrogens with zero attached hydrogens (tertiary/aromatic N) is 2. The zero-order valence-corrected chi connectivity index (χ0v) is 10.4. The number of nitrogens with two attached hydrogens (primary N) is 1. The molecule has 19 heavy (non-hydrogen) atoms. The summed E-state index contributed by atoms with van der Waals surface area (Å²) in [5.74, 6) is -0.736. The molecule has 0 aromatic carbocycles. The summed E-state index contributed by atoms with van der Waals surface area (Å²) in [6.07, 6.45) is 0. The van der Waals surface area contributed by atoms with E-state index in [1.165, 1.54) is 12.1 Å². The number of aromatic carboxylic acids is 1. The molecule has 0 saturated carbocycles. The SMILES string of the molecule is Cc1cccc(CNc2nc(C(=O)O)ccc2N)n1. The molecule has 0 fully saturated rings. The Morgan fingerprint density at radius 1 is 1.32 bits per heavy atom. The van der Waals surface area contributed by atoms with E-state index in [1.54, 1.807) is 0 Å². The third-order valence-corrected chi connectivity index (χ3v) is 2.53. The fraction of sp³-hybridized carbons (Fsp3) is 0.154. The Hall–Kier alpha value is -2.63. The van der Waals surface area contributed by atoms with E-state index in [2.05, 4.69) is 15.3 Å². The molecule has 0 bridgehead atoms. The Kier molecular flexibility index (Phi) is 3.61. The van der Waals surface area contributed by atoms with Gasteiger partial charge in [0.2, 0.25) is 0 Å². The van der Waals surface area contributed by atoms with Gasteiger partial charge in [-0.1, -0.05) is 6.07 Å². The molecule has 2 heterocycles. The highest BCUT2D eigenvalue weighted by molar-refractivity contribution is 5.86. The first kappa shape index (κ1) is 12.8. The van der Waals surface area contributed by atoms with Crippen LogP contribution in [0.4, 0.5) is 11.5 Å². The molecular formula is C13H14N4O2. The number of carboxylic acid groups (broad SMARTS) is 1. The molecule has 0 aliphatic heterocycles. The summed E-state index contributed by atoms with van der Waals surface area (Å²) in [5, 5.41) is 11.9. The van der Waals surface area contributed by atoms with E-state index in [0.717, 1.165) is 11.4 Å². The van der Waals surface area contributed by atoms with Crippen LogP contribution in [0.15, 0.2) is 30.3 Å². The Balaban J connectivity index is 2.15. The van der Waals surface area contributed by atoms with Crippen LogP contribution in [0, 0.1) is 6.92 Å². The minimum absolute atomic E-state index is 0.0473. The summed E-state index contributed by atoms with van der Waals surface area (Å²) in [4.78, 5) is 19.1. The van der Waals surface area contributed by atoms with Crippen molar-refractivity contribution in [2.45, 2.75) is 13.5 Å². The predicted molar refractivity (Wildman–Crippen MR) is 71.9 cm³/mol. The maximum absolute atomic E-state index is 10.8. The van der Waals surface area contributed by atoms with Crippen molar-refractivity contribution < 1.29 is 9.90 Å². The largest absolute Gasteiger partial charge is 0.477 e. The number of nitrogen functional groups attached to an aromatic ring is 1. The average molecular weight is 258 g/mol. The minimum Gasteiger partial charge on any atom is -0.477 e. The van der Waals surface area contributed by atoms with Crippen molar-refractivity contribution in [2.24, 2.45) is 0 Å². The highest BCUT2D eigenvalue weighted by Gasteiger charge is 2.08. The Morgan fingerprint density at radius 2 is 2.11 bits per heavy atom. The predicted octanol–water partition coefficient (Wildman–Crippen LogP) is 1.68. The second kappa shape index (κ2) is 5.34. The lowest BCUT2D eigenvalue weighted by Gasteiger charge is -2.09. The van der Waals surface area contributed by atoms with Crippen LogP contribution in [0.5, 0.6) is 0 Å². The van der Waals surface area contributed by atoms with Gasteiger partial charge in [0.05, 0.1) is 17.9 Å². The molecule has 0 saturated heterocycles. The monoisotopic (exact) mass is 258 g/mol. The summed E-state index contributed by atoms with van der Waals surface area (Å²) in [5.41, 5.74) is 7.85. The molecule has 2 rings (SSSR count). The number of pyridine rings is 2. The average Bonchev–Trinajstić information content (AvgIpc) is 2.37. The second-order valence-electron chi connectivity index (χ2n) is 4.06. The lowest BCUT2D eigenvalue weighted by molar-refractivity contribution is 0.0690. The van der Waals surface area contributed by atoms with Crippen molar-refractivity contribution in [3.8, 4) is 0 Å². The molecular weight excluding hydrogens is 244 g/mol. The molecule has 0 amide bonds. The van der Waals surface area contributed by atoms with Gasteiger partial charge in [0.1, 0.15) is 0 Å². The summed E-state index contributed by atoms with van der Waals surface area (Å²) in [7, 11) is 0. The lowest BCUT2D eigenvalue weighted by atomic mass is 10.3. The number of anilines is 2. The van der Waals surface area contributed by atoms with Crippen LogP contribution in [-0.4, -0.2) is 21.0 Å². The Labute approximate surface area is 110 Å². The van der Waals surface area contributed by atoms with Gasteiger partial charge in [-0.05, 0) is 31.2 Å². The maximum atomic E-state index is 10.8. The normalized spacial score (nSPS) is 10.2. The highest BCUT2D eigenvalue weighted by Crippen LogP contribution is 2.16. The van der Waals surface area contributed by atoms with Gasteiger partial charge in [-0.3, -0.25) is 4.98 Å². The number of nitrogens with one attached hydrogen (secondary N) is 1. The van der Waals surface area contributed by atoms with Crippen LogP contribution >= 0.6 is 0 Å². The summed E-state index contributed by atoms with van der Waals surface area (Å²) in [6.45, 7) is 2.34. The Morgan fingerprint density at radius 3 is 2.79 bits per heavy atom. The number of aromatic nitrogens is 2. The van der Waals surface area contributed by atoms with Crippen LogP contribution in [0.25, 0.3) is 0 Å². The van der Waals surface area contributed by atoms with Gasteiger partial charge < -0.3 is 16.2 Å². The molecule has 6 nitrogen and oxygen atoms in total. The van der Waals surface area contributed by atoms with Crippen LogP contribution in [0.2, 0.25) is 0 Å². The summed E-state index contributed by atoms with van der Waals surface area (Å²) >= 11 is 0. The van der Waals surface area contributed by atoms with Crippen molar-refractivity contribution in [1.82, 2.24) is 9.97 Å². The standard InChI is InChI=1S/C13H14N4O2/c1-8-3-2-4-9(16-8)7-15-12-10(14)5-6-11(17-12)13(18)19/h2-6H,7,14H2,1H3,(H,15,17)(H,18,19). The van der Waals surface area contributed by atoms with Crippen LogP contribution in [0.1, 0.15) is 21.9 Å². The van der Waals surface area contributed by atoms with Crippen molar-refractivity contribution >= 4 is 17.5 Å². The molecule has 6 heteroatoms. The number of rotatable bonds is 4. The fourth-order valence-corrected chi connectivity index (χ4v) is 1.60. The van der Waals surface area contributed by atoms with Gasteiger partial charge in [0.25, 0.3) is 0 Å². The first-order valence-corrected chi connectivity index (χ1v) is 5.72. The summed E-state index contributed by atoms with van der Waals surface area (Å²) in [6, 6.07) is 8.57. The van der Waals surface area contributed by atoms with Crippen molar-refractivity contribution in [3.63, 3.8) is 0 Å². The number of hydrogen-bond donors (Lipinski definition) is 3. The van der Waals surface area contributed by atoms with Gasteiger partial charge in [-0.25, -0.2) is 9.78 Å². The Bertz CT molecular complexity index is 613. The van der Waals surface area contributed by atoms with Crippen molar-refractivity contribution in [1.29, 1.82) is 0 Å². The maximum Gasteiger partial charge on any atom is 0.354 e. The number of carboxylic acids is 1. The van der Waals surface area contributed by atoms with Crippen LogP contribution in [-0.2, 0) is 6.54 Å². The molecule has 2 aromatic rings. The molecule has 0 aliphatic rings. The molecule has 98 valence electrons. The second-order valence-corrected chi connectivity index (χ2v) is 4.06. The number of aryl methyl sites for hydroxylation is 1. The smallest absolute Gasteiger partial charge is 0.354 e. The highest BCUT2D eigenvalue weighted by atomic mass is 16.4. The molecule has 0 unspecified atom stereocenters. The van der Waals surface area contributed by atoms with Gasteiger partial charge in [-0.15, -0.1) is 0 Å². The molecule has 0 atom stereocenters. The first-order valence-electron chi connectivity index (χ1n) is 5.72. The van der Waals surface area contributed by atoms with Crippen LogP contribution < -0.4 is 11.1 Å². The molecule has 2 aromatic heterocycles. The van der Waals surface area contributed by atoms with E-state index >= 15 is 0 Å². The number of hydrogen-bond acceptors (Lipinski definition) is 5. The summed E-state index contributed by atoms with van der Waals surface area (Å²) < 4.78 is 0. The third kappa shape index (κ3) is 3.19. The molecule has 4 N–H and O–H groups in total. The van der Waals surface area contributed by atoms with E-state index in [4.69, 9.17) is 10.8 Å². The zero-order chi connectivity index (χ0) is 13.8. The zero-order valence-electron chi connectivity index (χ0n) is 10.4. The van der Waals surface area contributed by atoms with Crippen LogP contribution in [0.3, 0.4) is 0 Å². The van der Waals surface area contributed by atoms with Gasteiger partial charge in [0, 0.05) is 5.69 Å². The first-order chi connectivity index (χ1) is 9.06. The van der Waals surface area contributed by atoms with E-state index in [-0.39, 0.29) is 5.69 Å². The number of carbonyl (C=O) groups is 1. The minimum atomic E-state index is -1.09. The van der Waals surface area contributed by atoms with E-state index in [1.807, 2.05) is 25.1 Å². The van der Waals surface area contributed by atoms with Crippen molar-refractivity contribution in [3.05, 3.63) is 47.4 Å². The van der Waals surface area contributed by atoms with Gasteiger partial charge in [0.15, 0.2) is 11.5 Å². The molecule has 0 radical (unpaired) electrons. The third-order valence-electron chi connectivity index (χ3n) is 2.53. The van der Waals surface area contributed by atoms with Gasteiger partial charge in [-0.2, -0.15) is 0 Å². The quantitative estimate of drug-likeness (QED) is 0.771. The lowest BCUT2D eigenvalue weighted by Crippen LogP contribution is -2.09. The fourth-order valence-electron chi connectivity index (χ4n) is 1.60. The topological polar surface area (TPSA) is 101 Å².